The van der Waals surface area contributed by atoms with Gasteiger partial charge in [0.05, 0.1) is 5.69 Å². The monoisotopic (exact) mass is 361 g/mol. The van der Waals surface area contributed by atoms with E-state index in [0.717, 1.165) is 12.8 Å². The van der Waals surface area contributed by atoms with E-state index in [0.29, 0.717) is 0 Å². The van der Waals surface area contributed by atoms with E-state index in [1.165, 1.54) is 44.2 Å². The van der Waals surface area contributed by atoms with Crippen LogP contribution in [0.5, 0.6) is 0 Å². The fourth-order valence-electron chi connectivity index (χ4n) is 4.20. The highest BCUT2D eigenvalue weighted by atomic mass is 15.1. The van der Waals surface area contributed by atoms with Crippen molar-refractivity contribution < 1.29 is 0 Å². The molecule has 4 aromatic rings. The van der Waals surface area contributed by atoms with Crippen LogP contribution in [-0.2, 0) is 0 Å². The zero-order valence-electron chi connectivity index (χ0n) is 16.1. The lowest BCUT2D eigenvalue weighted by Gasteiger charge is -2.31. The van der Waals surface area contributed by atoms with E-state index in [4.69, 9.17) is 0 Å². The molecule has 5 rings (SSSR count). The molecule has 0 aromatic heterocycles. The Labute approximate surface area is 166 Å². The molecule has 0 N–H and O–H groups in total. The Balaban J connectivity index is 1.76. The van der Waals surface area contributed by atoms with Gasteiger partial charge in [-0.2, -0.15) is 0 Å². The van der Waals surface area contributed by atoms with Crippen LogP contribution in [0, 0.1) is 0 Å². The average Bonchev–Trinajstić information content (AvgIpc) is 2.74. The topological polar surface area (TPSA) is 3.24 Å². The van der Waals surface area contributed by atoms with Gasteiger partial charge in [-0.05, 0) is 60.2 Å². The molecule has 0 amide bonds. The highest BCUT2D eigenvalue weighted by Crippen LogP contribution is 2.39. The quantitative estimate of drug-likeness (QED) is 0.360. The Morgan fingerprint density at radius 3 is 2.32 bits per heavy atom. The molecular formula is C27H23N. The van der Waals surface area contributed by atoms with E-state index in [-0.39, 0.29) is 0 Å². The van der Waals surface area contributed by atoms with Crippen LogP contribution in [0.4, 0.5) is 11.4 Å². The molecule has 0 radical (unpaired) electrons. The maximum Gasteiger partial charge on any atom is 0.0536 e. The number of rotatable bonds is 3. The van der Waals surface area contributed by atoms with Crippen molar-refractivity contribution in [2.75, 3.05) is 4.90 Å². The van der Waals surface area contributed by atoms with Gasteiger partial charge in [-0.25, -0.2) is 0 Å². The second-order valence-electron chi connectivity index (χ2n) is 7.49. The summed E-state index contributed by atoms with van der Waals surface area (Å²) in [6.45, 7) is 2.20. The van der Waals surface area contributed by atoms with Gasteiger partial charge >= 0.3 is 0 Å². The third-order valence-electron chi connectivity index (χ3n) is 5.55. The largest absolute Gasteiger partial charge is 0.314 e. The number of anilines is 2. The number of allylic oxidation sites excluding steroid dienone is 4. The first kappa shape index (κ1) is 16.8. The molecule has 0 bridgehead atoms. The Bertz CT molecular complexity index is 1220. The third-order valence-corrected chi connectivity index (χ3v) is 5.55. The lowest BCUT2D eigenvalue weighted by Crippen LogP contribution is -2.18. The van der Waals surface area contributed by atoms with Crippen LogP contribution in [0.15, 0.2) is 108 Å². The minimum Gasteiger partial charge on any atom is -0.314 e. The molecule has 0 heterocycles. The van der Waals surface area contributed by atoms with Crippen LogP contribution in [0.2, 0.25) is 0 Å². The number of fused-ring (bicyclic) bond motifs is 2. The summed E-state index contributed by atoms with van der Waals surface area (Å²) < 4.78 is 0. The van der Waals surface area contributed by atoms with Gasteiger partial charge in [-0.3, -0.25) is 0 Å². The minimum absolute atomic E-state index is 1.05. The standard InChI is InChI=1S/C27H23N/c1-20-8-6-13-24(18-20)28(25-17-16-21-9-2-3-11-23(21)19-25)27-15-7-12-22-10-4-5-14-26(22)27/h2-5,7-12,14-19H,6,13H2,1H3. The molecule has 0 saturated heterocycles. The summed E-state index contributed by atoms with van der Waals surface area (Å²) >= 11 is 0. The Morgan fingerprint density at radius 1 is 0.714 bits per heavy atom. The van der Waals surface area contributed by atoms with Gasteiger partial charge in [-0.1, -0.05) is 78.4 Å². The van der Waals surface area contributed by atoms with E-state index >= 15 is 0 Å². The molecule has 1 heteroatoms. The first-order valence-electron chi connectivity index (χ1n) is 9.94. The highest BCUT2D eigenvalue weighted by Gasteiger charge is 2.18. The first-order chi connectivity index (χ1) is 13.8. The molecule has 4 aromatic carbocycles. The molecule has 1 aliphatic rings. The van der Waals surface area contributed by atoms with Crippen molar-refractivity contribution in [3.05, 3.63) is 108 Å². The molecular weight excluding hydrogens is 338 g/mol. The summed E-state index contributed by atoms with van der Waals surface area (Å²) in [5.41, 5.74) is 5.16. The molecule has 0 spiro atoms. The zero-order chi connectivity index (χ0) is 18.9. The van der Waals surface area contributed by atoms with E-state index in [2.05, 4.69) is 109 Å². The Kier molecular flexibility index (Phi) is 4.21. The molecule has 0 unspecified atom stereocenters. The fourth-order valence-corrected chi connectivity index (χ4v) is 4.20. The molecule has 0 fully saturated rings. The van der Waals surface area contributed by atoms with Crippen molar-refractivity contribution in [1.82, 2.24) is 0 Å². The van der Waals surface area contributed by atoms with Crippen LogP contribution in [0.1, 0.15) is 19.8 Å². The van der Waals surface area contributed by atoms with Gasteiger partial charge in [0.1, 0.15) is 0 Å². The predicted octanol–water partition coefficient (Wildman–Crippen LogP) is 7.76. The normalized spacial score (nSPS) is 14.0. The van der Waals surface area contributed by atoms with Crippen molar-refractivity contribution in [2.45, 2.75) is 19.8 Å². The number of hydrogen-bond acceptors (Lipinski definition) is 1. The Morgan fingerprint density at radius 2 is 1.46 bits per heavy atom. The van der Waals surface area contributed by atoms with Gasteiger partial charge < -0.3 is 4.90 Å². The summed E-state index contributed by atoms with van der Waals surface area (Å²) in [5.74, 6) is 0. The van der Waals surface area contributed by atoms with Crippen molar-refractivity contribution in [3.63, 3.8) is 0 Å². The maximum atomic E-state index is 2.45. The lowest BCUT2D eigenvalue weighted by atomic mass is 10.0. The van der Waals surface area contributed by atoms with E-state index < -0.39 is 0 Å². The van der Waals surface area contributed by atoms with E-state index in [9.17, 15) is 0 Å². The smallest absolute Gasteiger partial charge is 0.0536 e. The summed E-state index contributed by atoms with van der Waals surface area (Å²) in [6, 6.07) is 30.6. The van der Waals surface area contributed by atoms with Crippen LogP contribution >= 0.6 is 0 Å². The van der Waals surface area contributed by atoms with Gasteiger partial charge in [0.15, 0.2) is 0 Å². The molecule has 0 saturated carbocycles. The van der Waals surface area contributed by atoms with Crippen molar-refractivity contribution in [3.8, 4) is 0 Å². The second-order valence-corrected chi connectivity index (χ2v) is 7.49. The number of hydrogen-bond donors (Lipinski definition) is 0. The summed E-state index contributed by atoms with van der Waals surface area (Å²) in [7, 11) is 0. The molecule has 0 atom stereocenters. The Hall–Kier alpha value is -3.32. The SMILES string of the molecule is CC1=CCCC(N(c2ccc3ccccc3c2)c2cccc3ccccc23)=C1. The first-order valence-corrected chi connectivity index (χ1v) is 9.94. The summed E-state index contributed by atoms with van der Waals surface area (Å²) in [6.07, 6.45) is 6.80. The molecule has 28 heavy (non-hydrogen) atoms. The van der Waals surface area contributed by atoms with Gasteiger partial charge in [0.25, 0.3) is 0 Å². The van der Waals surface area contributed by atoms with Crippen LogP contribution in [-0.4, -0.2) is 0 Å². The predicted molar refractivity (Wildman–Crippen MR) is 121 cm³/mol. The maximum absolute atomic E-state index is 2.45. The number of benzene rings is 4. The molecule has 1 nitrogen and oxygen atoms in total. The van der Waals surface area contributed by atoms with Crippen molar-refractivity contribution in [1.29, 1.82) is 0 Å². The second kappa shape index (κ2) is 7.01. The lowest BCUT2D eigenvalue weighted by molar-refractivity contribution is 0.907. The zero-order valence-corrected chi connectivity index (χ0v) is 16.1. The van der Waals surface area contributed by atoms with Crippen molar-refractivity contribution >= 4 is 32.9 Å². The highest BCUT2D eigenvalue weighted by molar-refractivity contribution is 5.98. The van der Waals surface area contributed by atoms with E-state index in [1.54, 1.807) is 0 Å². The van der Waals surface area contributed by atoms with Gasteiger partial charge in [0, 0.05) is 16.8 Å². The fraction of sp³-hybridized carbons (Fsp3) is 0.111. The number of nitrogens with zero attached hydrogens (tertiary/aromatic N) is 1. The summed E-state index contributed by atoms with van der Waals surface area (Å²) in [5, 5.41) is 5.10. The molecule has 0 aliphatic heterocycles. The third kappa shape index (κ3) is 2.99. The molecule has 1 aliphatic carbocycles. The van der Waals surface area contributed by atoms with Gasteiger partial charge in [-0.15, -0.1) is 0 Å². The minimum atomic E-state index is 1.05. The van der Waals surface area contributed by atoms with Gasteiger partial charge in [0.2, 0.25) is 0 Å². The molecule has 136 valence electrons. The van der Waals surface area contributed by atoms with Crippen molar-refractivity contribution in [2.24, 2.45) is 0 Å². The summed E-state index contributed by atoms with van der Waals surface area (Å²) in [4.78, 5) is 2.45. The van der Waals surface area contributed by atoms with Crippen LogP contribution < -0.4 is 4.90 Å². The average molecular weight is 361 g/mol. The van der Waals surface area contributed by atoms with E-state index in [1.807, 2.05) is 0 Å². The van der Waals surface area contributed by atoms with Crippen LogP contribution in [0.25, 0.3) is 21.5 Å². The van der Waals surface area contributed by atoms with Crippen LogP contribution in [0.3, 0.4) is 0 Å².